The van der Waals surface area contributed by atoms with E-state index in [2.05, 4.69) is 16.8 Å². The number of hydrogen-bond acceptors (Lipinski definition) is 4. The zero-order valence-corrected chi connectivity index (χ0v) is 11.1. The standard InChI is InChI=1S/C14H18N2O3/c1-11(18)5-6-16(2)14(19)13-8-12(4-3-7-17)9-15-10-13/h8-11,17-18H,5-7H2,1-2H3. The summed E-state index contributed by atoms with van der Waals surface area (Å²) in [5, 5.41) is 17.8. The third-order valence-electron chi connectivity index (χ3n) is 2.53. The Morgan fingerprint density at radius 3 is 2.89 bits per heavy atom. The van der Waals surface area contributed by atoms with Crippen molar-refractivity contribution in [2.75, 3.05) is 20.2 Å². The molecule has 0 fully saturated rings. The first-order valence-corrected chi connectivity index (χ1v) is 6.03. The van der Waals surface area contributed by atoms with Crippen LogP contribution in [0.25, 0.3) is 0 Å². The molecule has 102 valence electrons. The lowest BCUT2D eigenvalue weighted by Gasteiger charge is -2.17. The molecule has 1 heterocycles. The van der Waals surface area contributed by atoms with Gasteiger partial charge in [-0.2, -0.15) is 0 Å². The maximum Gasteiger partial charge on any atom is 0.255 e. The third-order valence-corrected chi connectivity index (χ3v) is 2.53. The van der Waals surface area contributed by atoms with Crippen LogP contribution >= 0.6 is 0 Å². The number of aliphatic hydroxyl groups is 2. The molecule has 0 radical (unpaired) electrons. The topological polar surface area (TPSA) is 73.7 Å². The second-order valence-electron chi connectivity index (χ2n) is 4.29. The molecule has 1 amide bonds. The van der Waals surface area contributed by atoms with Gasteiger partial charge < -0.3 is 15.1 Å². The molecule has 0 aromatic carbocycles. The Bertz CT molecular complexity index is 489. The maximum absolute atomic E-state index is 12.1. The Labute approximate surface area is 112 Å². The van der Waals surface area contributed by atoms with Crippen LogP contribution in [0.15, 0.2) is 18.5 Å². The number of carbonyl (C=O) groups excluding carboxylic acids is 1. The summed E-state index contributed by atoms with van der Waals surface area (Å²) in [6.07, 6.45) is 3.11. The van der Waals surface area contributed by atoms with Crippen LogP contribution in [0.4, 0.5) is 0 Å². The molecule has 0 bridgehead atoms. The predicted molar refractivity (Wildman–Crippen MR) is 71.5 cm³/mol. The molecule has 19 heavy (non-hydrogen) atoms. The van der Waals surface area contributed by atoms with E-state index in [1.165, 1.54) is 17.3 Å². The van der Waals surface area contributed by atoms with E-state index >= 15 is 0 Å². The molecule has 1 aromatic rings. The van der Waals surface area contributed by atoms with Crippen molar-refractivity contribution >= 4 is 5.91 Å². The average Bonchev–Trinajstić information content (AvgIpc) is 2.41. The van der Waals surface area contributed by atoms with Crippen molar-refractivity contribution in [1.82, 2.24) is 9.88 Å². The van der Waals surface area contributed by atoms with E-state index in [-0.39, 0.29) is 12.5 Å². The largest absolute Gasteiger partial charge is 0.393 e. The molecule has 2 N–H and O–H groups in total. The number of carbonyl (C=O) groups is 1. The molecule has 0 aliphatic carbocycles. The first-order valence-electron chi connectivity index (χ1n) is 6.03. The Morgan fingerprint density at radius 1 is 1.53 bits per heavy atom. The minimum absolute atomic E-state index is 0.166. The van der Waals surface area contributed by atoms with E-state index in [1.807, 2.05) is 0 Å². The first-order chi connectivity index (χ1) is 9.04. The molecule has 0 spiro atoms. The van der Waals surface area contributed by atoms with Crippen LogP contribution in [-0.4, -0.2) is 52.3 Å². The maximum atomic E-state index is 12.1. The minimum atomic E-state index is -0.435. The molecule has 0 aliphatic heterocycles. The summed E-state index contributed by atoms with van der Waals surface area (Å²) in [5.74, 6) is 5.05. The van der Waals surface area contributed by atoms with Crippen molar-refractivity contribution < 1.29 is 15.0 Å². The zero-order chi connectivity index (χ0) is 14.3. The van der Waals surface area contributed by atoms with Crippen molar-refractivity contribution in [2.45, 2.75) is 19.4 Å². The van der Waals surface area contributed by atoms with E-state index in [1.54, 1.807) is 20.0 Å². The summed E-state index contributed by atoms with van der Waals surface area (Å²) in [7, 11) is 1.68. The molecule has 1 rings (SSSR count). The van der Waals surface area contributed by atoms with Crippen LogP contribution in [0.3, 0.4) is 0 Å². The van der Waals surface area contributed by atoms with E-state index in [9.17, 15) is 9.90 Å². The molecule has 0 saturated heterocycles. The van der Waals surface area contributed by atoms with Gasteiger partial charge in [-0.15, -0.1) is 0 Å². The highest BCUT2D eigenvalue weighted by Crippen LogP contribution is 2.06. The molecule has 1 unspecified atom stereocenters. The van der Waals surface area contributed by atoms with Gasteiger partial charge in [0.15, 0.2) is 0 Å². The minimum Gasteiger partial charge on any atom is -0.393 e. The summed E-state index contributed by atoms with van der Waals surface area (Å²) >= 11 is 0. The fourth-order valence-electron chi connectivity index (χ4n) is 1.47. The number of nitrogens with zero attached hydrogens (tertiary/aromatic N) is 2. The lowest BCUT2D eigenvalue weighted by molar-refractivity contribution is 0.0768. The number of aliphatic hydroxyl groups excluding tert-OH is 2. The van der Waals surface area contributed by atoms with Gasteiger partial charge in [-0.1, -0.05) is 11.8 Å². The highest BCUT2D eigenvalue weighted by Gasteiger charge is 2.12. The van der Waals surface area contributed by atoms with Gasteiger partial charge in [-0.3, -0.25) is 9.78 Å². The second kappa shape index (κ2) is 7.52. The molecule has 5 nitrogen and oxygen atoms in total. The molecule has 0 aliphatic rings. The van der Waals surface area contributed by atoms with Crippen LogP contribution in [0, 0.1) is 11.8 Å². The smallest absolute Gasteiger partial charge is 0.255 e. The SMILES string of the molecule is CC(O)CCN(C)C(=O)c1cncc(C#CCO)c1. The molecule has 1 atom stereocenters. The Morgan fingerprint density at radius 2 is 2.26 bits per heavy atom. The van der Waals surface area contributed by atoms with Crippen molar-refractivity contribution in [3.8, 4) is 11.8 Å². The average molecular weight is 262 g/mol. The number of aromatic nitrogens is 1. The first kappa shape index (κ1) is 15.2. The van der Waals surface area contributed by atoms with Crippen molar-refractivity contribution in [2.24, 2.45) is 0 Å². The van der Waals surface area contributed by atoms with Crippen LogP contribution in [-0.2, 0) is 0 Å². The Hall–Kier alpha value is -1.90. The molecular weight excluding hydrogens is 244 g/mol. The Kier molecular flexibility index (Phi) is 6.00. The van der Waals surface area contributed by atoms with Crippen LogP contribution in [0.1, 0.15) is 29.3 Å². The van der Waals surface area contributed by atoms with E-state index in [0.29, 0.717) is 24.1 Å². The van der Waals surface area contributed by atoms with Gasteiger partial charge in [-0.05, 0) is 19.4 Å². The normalized spacial score (nSPS) is 11.4. The van der Waals surface area contributed by atoms with Gasteiger partial charge in [0.2, 0.25) is 0 Å². The summed E-state index contributed by atoms with van der Waals surface area (Å²) in [6, 6.07) is 1.64. The number of rotatable bonds is 4. The monoisotopic (exact) mass is 262 g/mol. The molecule has 0 saturated carbocycles. The fraction of sp³-hybridized carbons (Fsp3) is 0.429. The summed E-state index contributed by atoms with van der Waals surface area (Å²) < 4.78 is 0. The van der Waals surface area contributed by atoms with Crippen molar-refractivity contribution in [1.29, 1.82) is 0 Å². The van der Waals surface area contributed by atoms with Gasteiger partial charge in [0.25, 0.3) is 5.91 Å². The fourth-order valence-corrected chi connectivity index (χ4v) is 1.47. The van der Waals surface area contributed by atoms with Gasteiger partial charge in [0.1, 0.15) is 6.61 Å². The van der Waals surface area contributed by atoms with Gasteiger partial charge in [0.05, 0.1) is 11.7 Å². The summed E-state index contributed by atoms with van der Waals surface area (Å²) in [6.45, 7) is 1.93. The summed E-state index contributed by atoms with van der Waals surface area (Å²) in [5.41, 5.74) is 1.03. The highest BCUT2D eigenvalue weighted by molar-refractivity contribution is 5.94. The summed E-state index contributed by atoms with van der Waals surface area (Å²) in [4.78, 5) is 17.6. The second-order valence-corrected chi connectivity index (χ2v) is 4.29. The third kappa shape index (κ3) is 5.08. The molecule has 5 heteroatoms. The number of pyridine rings is 1. The van der Waals surface area contributed by atoms with Crippen LogP contribution in [0.5, 0.6) is 0 Å². The van der Waals surface area contributed by atoms with Crippen molar-refractivity contribution in [3.63, 3.8) is 0 Å². The van der Waals surface area contributed by atoms with Crippen LogP contribution < -0.4 is 0 Å². The molecular formula is C14H18N2O3. The highest BCUT2D eigenvalue weighted by atomic mass is 16.3. The molecule has 1 aromatic heterocycles. The lowest BCUT2D eigenvalue weighted by Crippen LogP contribution is -2.29. The van der Waals surface area contributed by atoms with Crippen molar-refractivity contribution in [3.05, 3.63) is 29.6 Å². The van der Waals surface area contributed by atoms with Gasteiger partial charge >= 0.3 is 0 Å². The lowest BCUT2D eigenvalue weighted by atomic mass is 10.2. The quantitative estimate of drug-likeness (QED) is 0.764. The van der Waals surface area contributed by atoms with Gasteiger partial charge in [-0.25, -0.2) is 0 Å². The number of amides is 1. The predicted octanol–water partition coefficient (Wildman–Crippen LogP) is 0.268. The van der Waals surface area contributed by atoms with E-state index < -0.39 is 6.10 Å². The van der Waals surface area contributed by atoms with Gasteiger partial charge in [0, 0.05) is 31.5 Å². The van der Waals surface area contributed by atoms with E-state index in [4.69, 9.17) is 5.11 Å². The van der Waals surface area contributed by atoms with Crippen LogP contribution in [0.2, 0.25) is 0 Å². The number of hydrogen-bond donors (Lipinski definition) is 2. The van der Waals surface area contributed by atoms with E-state index in [0.717, 1.165) is 0 Å². The zero-order valence-electron chi connectivity index (χ0n) is 11.1. The Balaban J connectivity index is 2.76.